The van der Waals surface area contributed by atoms with Gasteiger partial charge in [-0.25, -0.2) is 4.98 Å². The summed E-state index contributed by atoms with van der Waals surface area (Å²) in [5, 5.41) is 8.77. The van der Waals surface area contributed by atoms with Gasteiger partial charge in [0.1, 0.15) is 17.1 Å². The van der Waals surface area contributed by atoms with Crippen LogP contribution in [0.1, 0.15) is 11.3 Å². The molecule has 178 valence electrons. The summed E-state index contributed by atoms with van der Waals surface area (Å²) in [7, 11) is 0. The Hall–Kier alpha value is -3.90. The molecule has 3 heterocycles. The summed E-state index contributed by atoms with van der Waals surface area (Å²) in [5.74, 6) is 0.141. The minimum absolute atomic E-state index is 0.141. The summed E-state index contributed by atoms with van der Waals surface area (Å²) in [6.45, 7) is -1.01. The lowest BCUT2D eigenvalue weighted by molar-refractivity contribution is -0.153. The molecule has 7 nitrogen and oxygen atoms in total. The van der Waals surface area contributed by atoms with Crippen molar-refractivity contribution in [3.05, 3.63) is 66.4 Å². The van der Waals surface area contributed by atoms with Gasteiger partial charge in [-0.3, -0.25) is 4.98 Å². The molecular weight excluding hydrogens is 466 g/mol. The SMILES string of the molecule is FC(F)(F)COc1ccccc1CCn1cnc(-c2cc(-c3n[nH]nc3C(F)(F)F)ccn2)c1. The minimum atomic E-state index is -4.67. The van der Waals surface area contributed by atoms with Crippen LogP contribution in [0.25, 0.3) is 22.6 Å². The Balaban J connectivity index is 1.48. The molecular formula is C21H16F6N6O. The molecule has 3 aromatic heterocycles. The predicted molar refractivity (Wildman–Crippen MR) is 108 cm³/mol. The molecule has 1 aromatic carbocycles. The van der Waals surface area contributed by atoms with Gasteiger partial charge in [0.25, 0.3) is 0 Å². The first-order valence-electron chi connectivity index (χ1n) is 9.84. The van der Waals surface area contributed by atoms with E-state index in [4.69, 9.17) is 4.74 Å². The highest BCUT2D eigenvalue weighted by Gasteiger charge is 2.38. The fourth-order valence-electron chi connectivity index (χ4n) is 3.22. The molecule has 0 aliphatic carbocycles. The lowest BCUT2D eigenvalue weighted by Crippen LogP contribution is -2.19. The Bertz CT molecular complexity index is 1260. The molecule has 0 atom stereocenters. The van der Waals surface area contributed by atoms with E-state index in [1.807, 2.05) is 5.21 Å². The first-order chi connectivity index (χ1) is 16.1. The van der Waals surface area contributed by atoms with Gasteiger partial charge in [0.2, 0.25) is 0 Å². The number of ether oxygens (including phenoxy) is 1. The average molecular weight is 482 g/mol. The second kappa shape index (κ2) is 9.15. The number of nitrogens with one attached hydrogen (secondary N) is 1. The van der Waals surface area contributed by atoms with Crippen molar-refractivity contribution in [3.8, 4) is 28.4 Å². The zero-order valence-corrected chi connectivity index (χ0v) is 17.2. The zero-order valence-electron chi connectivity index (χ0n) is 17.2. The van der Waals surface area contributed by atoms with Crippen molar-refractivity contribution in [2.45, 2.75) is 25.3 Å². The highest BCUT2D eigenvalue weighted by Crippen LogP contribution is 2.34. The van der Waals surface area contributed by atoms with Crippen LogP contribution in [0.4, 0.5) is 26.3 Å². The summed E-state index contributed by atoms with van der Waals surface area (Å²) in [6, 6.07) is 9.22. The molecule has 0 saturated heterocycles. The van der Waals surface area contributed by atoms with Gasteiger partial charge in [-0.2, -0.15) is 41.8 Å². The number of para-hydroxylation sites is 1. The normalized spacial score (nSPS) is 12.2. The van der Waals surface area contributed by atoms with Crippen molar-refractivity contribution in [2.24, 2.45) is 0 Å². The third kappa shape index (κ3) is 5.53. The molecule has 0 saturated carbocycles. The molecule has 34 heavy (non-hydrogen) atoms. The molecule has 0 spiro atoms. The van der Waals surface area contributed by atoms with E-state index >= 15 is 0 Å². The maximum atomic E-state index is 13.1. The number of aromatic amines is 1. The molecule has 0 fully saturated rings. The van der Waals surface area contributed by atoms with Crippen LogP contribution in [0.2, 0.25) is 0 Å². The van der Waals surface area contributed by atoms with Crippen molar-refractivity contribution in [1.82, 2.24) is 29.9 Å². The molecule has 13 heteroatoms. The number of aryl methyl sites for hydroxylation is 2. The Morgan fingerprint density at radius 3 is 2.50 bits per heavy atom. The summed E-state index contributed by atoms with van der Waals surface area (Å²) < 4.78 is 83.4. The number of alkyl halides is 6. The monoisotopic (exact) mass is 482 g/mol. The van der Waals surface area contributed by atoms with E-state index in [1.165, 1.54) is 30.7 Å². The van der Waals surface area contributed by atoms with Crippen LogP contribution in [0.15, 0.2) is 55.1 Å². The first kappa shape index (κ1) is 23.3. The van der Waals surface area contributed by atoms with Gasteiger partial charge in [-0.05, 0) is 30.2 Å². The molecule has 0 aliphatic heterocycles. The number of halogens is 6. The lowest BCUT2D eigenvalue weighted by atomic mass is 10.1. The highest BCUT2D eigenvalue weighted by atomic mass is 19.4. The number of pyridine rings is 1. The van der Waals surface area contributed by atoms with Crippen molar-refractivity contribution in [2.75, 3.05) is 6.61 Å². The number of aromatic nitrogens is 6. The van der Waals surface area contributed by atoms with Crippen LogP contribution in [0.5, 0.6) is 5.75 Å². The van der Waals surface area contributed by atoms with Crippen LogP contribution in [-0.4, -0.2) is 42.7 Å². The number of imidazole rings is 1. The quantitative estimate of drug-likeness (QED) is 0.378. The Morgan fingerprint density at radius 1 is 0.941 bits per heavy atom. The topological polar surface area (TPSA) is 81.5 Å². The van der Waals surface area contributed by atoms with Gasteiger partial charge in [0.15, 0.2) is 12.3 Å². The van der Waals surface area contributed by atoms with E-state index in [1.54, 1.807) is 29.0 Å². The summed E-state index contributed by atoms with van der Waals surface area (Å²) in [4.78, 5) is 8.40. The van der Waals surface area contributed by atoms with Crippen molar-refractivity contribution in [3.63, 3.8) is 0 Å². The number of nitrogens with zero attached hydrogens (tertiary/aromatic N) is 5. The minimum Gasteiger partial charge on any atom is -0.484 e. The Morgan fingerprint density at radius 2 is 1.74 bits per heavy atom. The van der Waals surface area contributed by atoms with Crippen LogP contribution >= 0.6 is 0 Å². The van der Waals surface area contributed by atoms with Gasteiger partial charge >= 0.3 is 12.4 Å². The predicted octanol–water partition coefficient (Wildman–Crippen LogP) is 4.93. The maximum Gasteiger partial charge on any atom is 0.437 e. The third-order valence-corrected chi connectivity index (χ3v) is 4.75. The number of hydrogen-bond donors (Lipinski definition) is 1. The number of H-pyrrole nitrogens is 1. The van der Waals surface area contributed by atoms with E-state index in [0.717, 1.165) is 0 Å². The molecule has 0 radical (unpaired) electrons. The van der Waals surface area contributed by atoms with E-state index in [9.17, 15) is 26.3 Å². The number of rotatable bonds is 7. The standard InChI is InChI=1S/C21H16F6N6O/c22-20(23,24)11-34-17-4-2-1-3-13(17)6-8-33-10-16(29-12-33)15-9-14(5-7-28-15)18-19(21(25,26)27)31-32-30-18/h1-5,7,9-10,12H,6,8,11H2,(H,30,31,32). The second-order valence-corrected chi connectivity index (χ2v) is 7.21. The van der Waals surface area contributed by atoms with Crippen molar-refractivity contribution >= 4 is 0 Å². The molecule has 0 unspecified atom stereocenters. The molecule has 0 aliphatic rings. The Kier molecular flexibility index (Phi) is 6.26. The average Bonchev–Trinajstić information content (AvgIpc) is 3.46. The van der Waals surface area contributed by atoms with Crippen LogP contribution < -0.4 is 4.74 Å². The molecule has 0 amide bonds. The summed E-state index contributed by atoms with van der Waals surface area (Å²) in [5.41, 5.74) is -0.0152. The molecule has 0 bridgehead atoms. The van der Waals surface area contributed by atoms with E-state index < -0.39 is 24.7 Å². The highest BCUT2D eigenvalue weighted by molar-refractivity contribution is 5.67. The number of hydrogen-bond acceptors (Lipinski definition) is 5. The fourth-order valence-corrected chi connectivity index (χ4v) is 3.22. The van der Waals surface area contributed by atoms with Crippen molar-refractivity contribution < 1.29 is 31.1 Å². The van der Waals surface area contributed by atoms with Crippen LogP contribution in [0.3, 0.4) is 0 Å². The van der Waals surface area contributed by atoms with Gasteiger partial charge in [0.05, 0.1) is 12.0 Å². The lowest BCUT2D eigenvalue weighted by Gasteiger charge is -2.13. The fraction of sp³-hybridized carbons (Fsp3) is 0.238. The maximum absolute atomic E-state index is 13.1. The first-order valence-corrected chi connectivity index (χ1v) is 9.84. The van der Waals surface area contributed by atoms with Gasteiger partial charge < -0.3 is 9.30 Å². The second-order valence-electron chi connectivity index (χ2n) is 7.21. The smallest absolute Gasteiger partial charge is 0.437 e. The van der Waals surface area contributed by atoms with Gasteiger partial charge in [-0.1, -0.05) is 18.2 Å². The molecule has 4 rings (SSSR count). The zero-order chi connectivity index (χ0) is 24.3. The third-order valence-electron chi connectivity index (χ3n) is 4.75. The summed E-state index contributed by atoms with van der Waals surface area (Å²) >= 11 is 0. The van der Waals surface area contributed by atoms with Crippen LogP contribution in [0, 0.1) is 0 Å². The van der Waals surface area contributed by atoms with E-state index in [0.29, 0.717) is 29.9 Å². The summed E-state index contributed by atoms with van der Waals surface area (Å²) in [6.07, 6.45) is -4.27. The van der Waals surface area contributed by atoms with Gasteiger partial charge in [-0.15, -0.1) is 0 Å². The van der Waals surface area contributed by atoms with Crippen LogP contribution in [-0.2, 0) is 19.1 Å². The van der Waals surface area contributed by atoms with E-state index in [2.05, 4.69) is 20.2 Å². The van der Waals surface area contributed by atoms with Crippen molar-refractivity contribution in [1.29, 1.82) is 0 Å². The molecule has 4 aromatic rings. The van der Waals surface area contributed by atoms with E-state index in [-0.39, 0.29) is 17.0 Å². The molecule has 1 N–H and O–H groups in total. The number of benzene rings is 1. The van der Waals surface area contributed by atoms with Gasteiger partial charge in [0, 0.05) is 24.5 Å². The Labute approximate surface area is 188 Å². The largest absolute Gasteiger partial charge is 0.484 e.